The normalized spacial score (nSPS) is 20.7. The molecular formula is C21H35N5O2S. The van der Waals surface area contributed by atoms with E-state index in [1.54, 1.807) is 11.4 Å². The molecule has 0 radical (unpaired) electrons. The minimum absolute atomic E-state index is 0.149. The van der Waals surface area contributed by atoms with Gasteiger partial charge in [-0.3, -0.25) is 4.99 Å². The summed E-state index contributed by atoms with van der Waals surface area (Å²) in [5.74, 6) is 1.25. The lowest BCUT2D eigenvalue weighted by Crippen LogP contribution is -2.44. The van der Waals surface area contributed by atoms with E-state index in [4.69, 9.17) is 0 Å². The van der Waals surface area contributed by atoms with E-state index in [1.807, 2.05) is 0 Å². The third kappa shape index (κ3) is 6.09. The smallest absolute Gasteiger partial charge is 0.211 e. The largest absolute Gasteiger partial charge is 0.372 e. The molecule has 2 N–H and O–H groups in total. The van der Waals surface area contributed by atoms with Gasteiger partial charge in [0.2, 0.25) is 10.0 Å². The summed E-state index contributed by atoms with van der Waals surface area (Å²) in [7, 11) is -1.28. The second kappa shape index (κ2) is 9.80. The Bertz CT molecular complexity index is 797. The molecule has 29 heavy (non-hydrogen) atoms. The Hall–Kier alpha value is -1.80. The molecule has 2 aliphatic rings. The summed E-state index contributed by atoms with van der Waals surface area (Å²) in [6.45, 7) is 6.46. The average Bonchev–Trinajstić information content (AvgIpc) is 3.25. The van der Waals surface area contributed by atoms with E-state index in [0.717, 1.165) is 38.4 Å². The number of piperidine rings is 1. The number of nitrogens with zero attached hydrogens (tertiary/aromatic N) is 3. The number of rotatable bonds is 6. The molecule has 2 fully saturated rings. The van der Waals surface area contributed by atoms with E-state index < -0.39 is 10.0 Å². The number of hydrogen-bond donors (Lipinski definition) is 2. The van der Waals surface area contributed by atoms with Gasteiger partial charge in [-0.15, -0.1) is 0 Å². The minimum Gasteiger partial charge on any atom is -0.372 e. The van der Waals surface area contributed by atoms with Crippen LogP contribution in [0.5, 0.6) is 0 Å². The van der Waals surface area contributed by atoms with E-state index in [2.05, 4.69) is 51.7 Å². The van der Waals surface area contributed by atoms with Crippen LogP contribution in [0.4, 0.5) is 5.69 Å². The van der Waals surface area contributed by atoms with Crippen LogP contribution in [0, 0.1) is 5.92 Å². The van der Waals surface area contributed by atoms with Crippen LogP contribution in [0.1, 0.15) is 44.2 Å². The number of hydrogen-bond acceptors (Lipinski definition) is 4. The van der Waals surface area contributed by atoms with Crippen molar-refractivity contribution < 1.29 is 8.42 Å². The average molecular weight is 422 g/mol. The highest BCUT2D eigenvalue weighted by molar-refractivity contribution is 7.88. The zero-order valence-corrected chi connectivity index (χ0v) is 18.7. The first-order chi connectivity index (χ1) is 13.9. The number of benzene rings is 1. The Morgan fingerprint density at radius 3 is 2.52 bits per heavy atom. The maximum atomic E-state index is 11.6. The van der Waals surface area contributed by atoms with Crippen molar-refractivity contribution in [1.29, 1.82) is 0 Å². The van der Waals surface area contributed by atoms with Crippen LogP contribution in [-0.4, -0.2) is 64.7 Å². The second-order valence-electron chi connectivity index (χ2n) is 8.21. The lowest BCUT2D eigenvalue weighted by molar-refractivity contribution is 0.274. The summed E-state index contributed by atoms with van der Waals surface area (Å²) in [6.07, 6.45) is 5.60. The summed E-state index contributed by atoms with van der Waals surface area (Å²) in [5.41, 5.74) is 2.55. The van der Waals surface area contributed by atoms with Crippen molar-refractivity contribution in [1.82, 2.24) is 14.9 Å². The van der Waals surface area contributed by atoms with Crippen LogP contribution in [0.3, 0.4) is 0 Å². The van der Waals surface area contributed by atoms with Gasteiger partial charge in [-0.05, 0) is 56.2 Å². The van der Waals surface area contributed by atoms with Crippen molar-refractivity contribution in [3.8, 4) is 0 Å². The molecule has 0 bridgehead atoms. The SMILES string of the molecule is CN=C(NCC1CCN(S(C)(=O)=O)CC1)NC(C)c1cccc(N2CCCC2)c1. The molecule has 1 atom stereocenters. The highest BCUT2D eigenvalue weighted by Crippen LogP contribution is 2.24. The van der Waals surface area contributed by atoms with Gasteiger partial charge in [-0.1, -0.05) is 12.1 Å². The zero-order chi connectivity index (χ0) is 20.9. The van der Waals surface area contributed by atoms with Crippen LogP contribution in [0.2, 0.25) is 0 Å². The molecule has 0 amide bonds. The Balaban J connectivity index is 1.49. The first kappa shape index (κ1) is 21.9. The van der Waals surface area contributed by atoms with Crippen molar-refractivity contribution in [2.75, 3.05) is 50.9 Å². The van der Waals surface area contributed by atoms with Crippen LogP contribution < -0.4 is 15.5 Å². The van der Waals surface area contributed by atoms with Crippen molar-refractivity contribution in [2.24, 2.45) is 10.9 Å². The molecule has 2 heterocycles. The molecule has 8 heteroatoms. The molecule has 162 valence electrons. The summed E-state index contributed by atoms with van der Waals surface area (Å²) in [6, 6.07) is 8.91. The summed E-state index contributed by atoms with van der Waals surface area (Å²) in [4.78, 5) is 6.82. The van der Waals surface area contributed by atoms with Crippen LogP contribution in [0.15, 0.2) is 29.3 Å². The van der Waals surface area contributed by atoms with Gasteiger partial charge in [0.25, 0.3) is 0 Å². The summed E-state index contributed by atoms with van der Waals surface area (Å²) in [5, 5.41) is 6.91. The molecule has 3 rings (SSSR count). The van der Waals surface area contributed by atoms with Gasteiger partial charge >= 0.3 is 0 Å². The predicted octanol–water partition coefficient (Wildman–Crippen LogP) is 2.18. The van der Waals surface area contributed by atoms with Gasteiger partial charge in [-0.25, -0.2) is 12.7 Å². The molecule has 2 saturated heterocycles. The van der Waals surface area contributed by atoms with E-state index >= 15 is 0 Å². The fourth-order valence-corrected chi connectivity index (χ4v) is 5.01. The third-order valence-electron chi connectivity index (χ3n) is 6.02. The Kier molecular flexibility index (Phi) is 7.40. The molecule has 0 aromatic heterocycles. The number of aliphatic imine (C=N–C) groups is 1. The van der Waals surface area contributed by atoms with Gasteiger partial charge in [-0.2, -0.15) is 0 Å². The molecule has 0 spiro atoms. The molecule has 1 aromatic carbocycles. The monoisotopic (exact) mass is 421 g/mol. The number of anilines is 1. The van der Waals surface area contributed by atoms with Crippen molar-refractivity contribution >= 4 is 21.7 Å². The predicted molar refractivity (Wildman–Crippen MR) is 120 cm³/mol. The Morgan fingerprint density at radius 1 is 1.21 bits per heavy atom. The molecule has 1 unspecified atom stereocenters. The van der Waals surface area contributed by atoms with Gasteiger partial charge in [0.1, 0.15) is 0 Å². The number of guanidine groups is 1. The topological polar surface area (TPSA) is 77.0 Å². The van der Waals surface area contributed by atoms with Gasteiger partial charge in [0.15, 0.2) is 5.96 Å². The second-order valence-corrected chi connectivity index (χ2v) is 10.2. The highest BCUT2D eigenvalue weighted by Gasteiger charge is 2.25. The first-order valence-corrected chi connectivity index (χ1v) is 12.5. The van der Waals surface area contributed by atoms with Gasteiger partial charge in [0.05, 0.1) is 12.3 Å². The maximum absolute atomic E-state index is 11.6. The number of nitrogens with one attached hydrogen (secondary N) is 2. The fourth-order valence-electron chi connectivity index (χ4n) is 4.14. The maximum Gasteiger partial charge on any atom is 0.211 e. The molecular weight excluding hydrogens is 386 g/mol. The van der Waals surface area contributed by atoms with Crippen LogP contribution >= 0.6 is 0 Å². The quantitative estimate of drug-likeness (QED) is 0.544. The van der Waals surface area contributed by atoms with E-state index in [0.29, 0.717) is 19.0 Å². The molecule has 2 aliphatic heterocycles. The molecule has 0 saturated carbocycles. The Morgan fingerprint density at radius 2 is 1.90 bits per heavy atom. The van der Waals surface area contributed by atoms with E-state index in [-0.39, 0.29) is 6.04 Å². The van der Waals surface area contributed by atoms with E-state index in [1.165, 1.54) is 30.3 Å². The summed E-state index contributed by atoms with van der Waals surface area (Å²) >= 11 is 0. The van der Waals surface area contributed by atoms with Crippen LogP contribution in [-0.2, 0) is 10.0 Å². The highest BCUT2D eigenvalue weighted by atomic mass is 32.2. The molecule has 7 nitrogen and oxygen atoms in total. The van der Waals surface area contributed by atoms with Crippen molar-refractivity contribution in [2.45, 2.75) is 38.6 Å². The van der Waals surface area contributed by atoms with Crippen LogP contribution in [0.25, 0.3) is 0 Å². The molecule has 1 aromatic rings. The van der Waals surface area contributed by atoms with Crippen molar-refractivity contribution in [3.63, 3.8) is 0 Å². The first-order valence-electron chi connectivity index (χ1n) is 10.6. The Labute approximate surface area is 175 Å². The summed E-state index contributed by atoms with van der Waals surface area (Å²) < 4.78 is 24.9. The zero-order valence-electron chi connectivity index (χ0n) is 17.9. The minimum atomic E-state index is -3.07. The third-order valence-corrected chi connectivity index (χ3v) is 7.32. The van der Waals surface area contributed by atoms with E-state index in [9.17, 15) is 8.42 Å². The standard InChI is InChI=1S/C21H35N5O2S/c1-17(19-7-6-8-20(15-19)25-11-4-5-12-25)24-21(22-2)23-16-18-9-13-26(14-10-18)29(3,27)28/h6-8,15,17-18H,4-5,9-14,16H2,1-3H3,(H2,22,23,24). The molecule has 0 aliphatic carbocycles. The fraction of sp³-hybridized carbons (Fsp3) is 0.667. The number of sulfonamides is 1. The van der Waals surface area contributed by atoms with Gasteiger partial charge in [0, 0.05) is 45.5 Å². The lowest BCUT2D eigenvalue weighted by atomic mass is 9.98. The van der Waals surface area contributed by atoms with Crippen molar-refractivity contribution in [3.05, 3.63) is 29.8 Å². The lowest BCUT2D eigenvalue weighted by Gasteiger charge is -2.30. The van der Waals surface area contributed by atoms with Gasteiger partial charge < -0.3 is 15.5 Å².